The first-order chi connectivity index (χ1) is 8.33. The molecule has 2 nitrogen and oxygen atoms in total. The molecule has 0 aromatic heterocycles. The molecule has 1 heterocycles. The average Bonchev–Trinajstić information content (AvgIpc) is 2.79. The third-order valence-corrected chi connectivity index (χ3v) is 4.19. The van der Waals surface area contributed by atoms with Crippen molar-refractivity contribution in [2.75, 3.05) is 19.6 Å². The standard InChI is InChI=1S/C15H22N2.ClH/c1-12-10-16-7-8-17(12)11-13-5-6-14-3-2-4-15(14)9-13;/h5-6,9,12,16H,2-4,7-8,10-11H2,1H3;1H. The van der Waals surface area contributed by atoms with Crippen LogP contribution in [-0.4, -0.2) is 30.6 Å². The van der Waals surface area contributed by atoms with E-state index in [1.807, 2.05) is 0 Å². The molecule has 0 spiro atoms. The summed E-state index contributed by atoms with van der Waals surface area (Å²) in [6.07, 6.45) is 3.93. The van der Waals surface area contributed by atoms with Crippen LogP contribution in [0.5, 0.6) is 0 Å². The summed E-state index contributed by atoms with van der Waals surface area (Å²) in [6.45, 7) is 6.88. The fourth-order valence-electron chi connectivity index (χ4n) is 3.08. The fourth-order valence-corrected chi connectivity index (χ4v) is 3.08. The maximum Gasteiger partial charge on any atom is 0.0237 e. The molecule has 1 fully saturated rings. The van der Waals surface area contributed by atoms with Crippen molar-refractivity contribution in [1.29, 1.82) is 0 Å². The molecule has 1 aromatic carbocycles. The average molecular weight is 267 g/mol. The van der Waals surface area contributed by atoms with Gasteiger partial charge in [-0.1, -0.05) is 18.2 Å². The van der Waals surface area contributed by atoms with Crippen molar-refractivity contribution in [3.05, 3.63) is 34.9 Å². The predicted molar refractivity (Wildman–Crippen MR) is 78.5 cm³/mol. The minimum atomic E-state index is 0. The van der Waals surface area contributed by atoms with Gasteiger partial charge in [-0.05, 0) is 42.9 Å². The van der Waals surface area contributed by atoms with Crippen molar-refractivity contribution in [2.24, 2.45) is 0 Å². The van der Waals surface area contributed by atoms with E-state index >= 15 is 0 Å². The second-order valence-electron chi connectivity index (χ2n) is 5.48. The highest BCUT2D eigenvalue weighted by atomic mass is 35.5. The summed E-state index contributed by atoms with van der Waals surface area (Å²) in [6, 6.07) is 7.79. The Morgan fingerprint density at radius 2 is 2.11 bits per heavy atom. The smallest absolute Gasteiger partial charge is 0.0237 e. The summed E-state index contributed by atoms with van der Waals surface area (Å²) in [5.74, 6) is 0. The number of fused-ring (bicyclic) bond motifs is 1. The molecule has 3 heteroatoms. The zero-order valence-corrected chi connectivity index (χ0v) is 11.9. The monoisotopic (exact) mass is 266 g/mol. The Morgan fingerprint density at radius 1 is 1.28 bits per heavy atom. The highest BCUT2D eigenvalue weighted by Gasteiger charge is 2.18. The lowest BCUT2D eigenvalue weighted by Crippen LogP contribution is -2.49. The van der Waals surface area contributed by atoms with Gasteiger partial charge < -0.3 is 5.32 Å². The van der Waals surface area contributed by atoms with E-state index in [2.05, 4.69) is 35.3 Å². The first-order valence-electron chi connectivity index (χ1n) is 6.88. The Labute approximate surface area is 116 Å². The molecule has 0 radical (unpaired) electrons. The summed E-state index contributed by atoms with van der Waals surface area (Å²) in [7, 11) is 0. The lowest BCUT2D eigenvalue weighted by Gasteiger charge is -2.34. The number of rotatable bonds is 2. The molecular formula is C15H23ClN2. The summed E-state index contributed by atoms with van der Waals surface area (Å²) >= 11 is 0. The molecule has 100 valence electrons. The minimum Gasteiger partial charge on any atom is -0.314 e. The van der Waals surface area contributed by atoms with Crippen LogP contribution in [0.3, 0.4) is 0 Å². The summed E-state index contributed by atoms with van der Waals surface area (Å²) in [5, 5.41) is 3.45. The van der Waals surface area contributed by atoms with Crippen molar-refractivity contribution >= 4 is 12.4 Å². The second kappa shape index (κ2) is 6.05. The largest absolute Gasteiger partial charge is 0.314 e. The Kier molecular flexibility index (Phi) is 4.66. The van der Waals surface area contributed by atoms with Crippen LogP contribution in [0.2, 0.25) is 0 Å². The van der Waals surface area contributed by atoms with Gasteiger partial charge in [0.05, 0.1) is 0 Å². The normalized spacial score (nSPS) is 23.5. The molecule has 1 aromatic rings. The van der Waals surface area contributed by atoms with Gasteiger partial charge in [0.2, 0.25) is 0 Å². The molecule has 1 saturated heterocycles. The molecule has 0 bridgehead atoms. The van der Waals surface area contributed by atoms with Crippen LogP contribution < -0.4 is 5.32 Å². The third kappa shape index (κ3) is 2.87. The van der Waals surface area contributed by atoms with E-state index in [4.69, 9.17) is 0 Å². The summed E-state index contributed by atoms with van der Waals surface area (Å²) < 4.78 is 0. The summed E-state index contributed by atoms with van der Waals surface area (Å²) in [4.78, 5) is 2.59. The molecule has 1 aliphatic carbocycles. The Bertz CT molecular complexity index is 405. The van der Waals surface area contributed by atoms with E-state index in [0.29, 0.717) is 6.04 Å². The number of hydrogen-bond donors (Lipinski definition) is 1. The van der Waals surface area contributed by atoms with E-state index in [1.165, 1.54) is 31.4 Å². The fraction of sp³-hybridized carbons (Fsp3) is 0.600. The van der Waals surface area contributed by atoms with Gasteiger partial charge in [-0.2, -0.15) is 0 Å². The quantitative estimate of drug-likeness (QED) is 0.884. The van der Waals surface area contributed by atoms with Gasteiger partial charge in [-0.25, -0.2) is 0 Å². The predicted octanol–water partition coefficient (Wildman–Crippen LogP) is 2.39. The molecule has 1 N–H and O–H groups in total. The molecular weight excluding hydrogens is 244 g/mol. The molecule has 1 unspecified atom stereocenters. The highest BCUT2D eigenvalue weighted by Crippen LogP contribution is 2.23. The van der Waals surface area contributed by atoms with Crippen LogP contribution >= 0.6 is 12.4 Å². The van der Waals surface area contributed by atoms with Gasteiger partial charge >= 0.3 is 0 Å². The van der Waals surface area contributed by atoms with Gasteiger partial charge in [-0.15, -0.1) is 12.4 Å². The van der Waals surface area contributed by atoms with E-state index in [0.717, 1.165) is 19.6 Å². The first kappa shape index (κ1) is 13.9. The number of piperazine rings is 1. The Morgan fingerprint density at radius 3 is 2.94 bits per heavy atom. The zero-order chi connectivity index (χ0) is 11.7. The lowest BCUT2D eigenvalue weighted by atomic mass is 10.1. The molecule has 18 heavy (non-hydrogen) atoms. The molecule has 0 saturated carbocycles. The molecule has 3 rings (SSSR count). The van der Waals surface area contributed by atoms with E-state index in [1.54, 1.807) is 11.1 Å². The van der Waals surface area contributed by atoms with Crippen LogP contribution in [0.15, 0.2) is 18.2 Å². The maximum atomic E-state index is 3.45. The number of halogens is 1. The van der Waals surface area contributed by atoms with Crippen LogP contribution in [0.25, 0.3) is 0 Å². The zero-order valence-electron chi connectivity index (χ0n) is 11.1. The van der Waals surface area contributed by atoms with Crippen LogP contribution in [0.1, 0.15) is 30.0 Å². The lowest BCUT2D eigenvalue weighted by molar-refractivity contribution is 0.165. The molecule has 1 aliphatic heterocycles. The number of nitrogens with zero attached hydrogens (tertiary/aromatic N) is 1. The number of benzene rings is 1. The number of hydrogen-bond acceptors (Lipinski definition) is 2. The minimum absolute atomic E-state index is 0. The number of aryl methyl sites for hydroxylation is 2. The van der Waals surface area contributed by atoms with Gasteiger partial charge in [0.25, 0.3) is 0 Å². The van der Waals surface area contributed by atoms with E-state index in [9.17, 15) is 0 Å². The number of nitrogens with one attached hydrogen (secondary N) is 1. The van der Waals surface area contributed by atoms with Crippen molar-refractivity contribution in [3.63, 3.8) is 0 Å². The topological polar surface area (TPSA) is 15.3 Å². The van der Waals surface area contributed by atoms with Crippen molar-refractivity contribution < 1.29 is 0 Å². The second-order valence-corrected chi connectivity index (χ2v) is 5.48. The Balaban J connectivity index is 0.00000120. The van der Waals surface area contributed by atoms with E-state index < -0.39 is 0 Å². The van der Waals surface area contributed by atoms with Gasteiger partial charge in [-0.3, -0.25) is 4.90 Å². The van der Waals surface area contributed by atoms with Crippen LogP contribution in [0, 0.1) is 0 Å². The molecule has 1 atom stereocenters. The Hall–Kier alpha value is -0.570. The van der Waals surface area contributed by atoms with Gasteiger partial charge in [0, 0.05) is 32.2 Å². The molecule has 0 amide bonds. The van der Waals surface area contributed by atoms with Crippen LogP contribution in [0.4, 0.5) is 0 Å². The highest BCUT2D eigenvalue weighted by molar-refractivity contribution is 5.85. The first-order valence-corrected chi connectivity index (χ1v) is 6.88. The molecule has 2 aliphatic rings. The van der Waals surface area contributed by atoms with Gasteiger partial charge in [0.15, 0.2) is 0 Å². The van der Waals surface area contributed by atoms with Crippen molar-refractivity contribution in [3.8, 4) is 0 Å². The SMILES string of the molecule is CC1CNCCN1Cc1ccc2c(c1)CCC2.Cl. The van der Waals surface area contributed by atoms with Gasteiger partial charge in [0.1, 0.15) is 0 Å². The summed E-state index contributed by atoms with van der Waals surface area (Å²) in [5.41, 5.74) is 4.69. The third-order valence-electron chi connectivity index (χ3n) is 4.19. The van der Waals surface area contributed by atoms with Crippen molar-refractivity contribution in [2.45, 2.75) is 38.8 Å². The van der Waals surface area contributed by atoms with E-state index in [-0.39, 0.29) is 12.4 Å². The maximum absolute atomic E-state index is 3.45. The van der Waals surface area contributed by atoms with Crippen molar-refractivity contribution in [1.82, 2.24) is 10.2 Å². The van der Waals surface area contributed by atoms with Crippen LogP contribution in [-0.2, 0) is 19.4 Å².